The van der Waals surface area contributed by atoms with Crippen molar-refractivity contribution in [3.63, 3.8) is 0 Å². The number of carbonyl (C=O) groups is 2. The highest BCUT2D eigenvalue weighted by Crippen LogP contribution is 2.25. The van der Waals surface area contributed by atoms with Gasteiger partial charge in [-0.3, -0.25) is 14.2 Å². The zero-order chi connectivity index (χ0) is 19.7. The predicted molar refractivity (Wildman–Crippen MR) is 103 cm³/mol. The Kier molecular flexibility index (Phi) is 4.77. The van der Waals surface area contributed by atoms with Crippen LogP contribution in [-0.4, -0.2) is 45.4 Å². The summed E-state index contributed by atoms with van der Waals surface area (Å²) in [6.45, 7) is 2.76. The third-order valence-electron chi connectivity index (χ3n) is 5.27. The molecule has 1 fully saturated rings. The normalized spacial score (nSPS) is 16.2. The maximum Gasteiger partial charge on any atom is 0.326 e. The van der Waals surface area contributed by atoms with Crippen molar-refractivity contribution in [3.05, 3.63) is 58.9 Å². The maximum absolute atomic E-state index is 12.7. The Labute approximate surface area is 161 Å². The van der Waals surface area contributed by atoms with Gasteiger partial charge >= 0.3 is 5.69 Å². The van der Waals surface area contributed by atoms with Crippen molar-refractivity contribution in [3.8, 4) is 0 Å². The number of aromatic amines is 1. The number of rotatable bonds is 4. The molecular weight excluding hydrogens is 360 g/mol. The highest BCUT2D eigenvalue weighted by Gasteiger charge is 2.29. The van der Waals surface area contributed by atoms with Crippen LogP contribution in [0.3, 0.4) is 0 Å². The van der Waals surface area contributed by atoms with Crippen molar-refractivity contribution in [1.82, 2.24) is 19.8 Å². The molecular formula is C20H22N4O4. The molecule has 3 heterocycles. The van der Waals surface area contributed by atoms with E-state index in [9.17, 15) is 14.4 Å². The summed E-state index contributed by atoms with van der Waals surface area (Å²) in [6.07, 6.45) is 4.14. The molecule has 1 aromatic carbocycles. The lowest BCUT2D eigenvalue weighted by molar-refractivity contribution is -0.134. The number of carbonyl (C=O) groups excluding carboxylic acids is 2. The molecule has 0 bridgehead atoms. The molecule has 146 valence electrons. The second kappa shape index (κ2) is 7.38. The van der Waals surface area contributed by atoms with Gasteiger partial charge in [-0.1, -0.05) is 12.1 Å². The number of hydrogen-bond donors (Lipinski definition) is 2. The molecule has 0 radical (unpaired) electrons. The number of amides is 2. The SMILES string of the molecule is CC(NC(=O)c1ccoc1)C(=O)N1CCC(n2c(=O)[nH]c3ccccc32)CC1. The Bertz CT molecular complexity index is 1040. The van der Waals surface area contributed by atoms with Crippen LogP contribution < -0.4 is 11.0 Å². The number of benzene rings is 1. The molecule has 1 unspecified atom stereocenters. The van der Waals surface area contributed by atoms with Gasteiger partial charge in [0.2, 0.25) is 5.91 Å². The molecule has 1 aliphatic rings. The number of nitrogens with one attached hydrogen (secondary N) is 2. The number of hydrogen-bond acceptors (Lipinski definition) is 4. The maximum atomic E-state index is 12.7. The van der Waals surface area contributed by atoms with E-state index in [1.165, 1.54) is 12.5 Å². The van der Waals surface area contributed by atoms with E-state index in [1.54, 1.807) is 22.5 Å². The molecule has 2 aromatic heterocycles. The summed E-state index contributed by atoms with van der Waals surface area (Å²) in [5, 5.41) is 2.70. The van der Waals surface area contributed by atoms with Crippen LogP contribution in [0.2, 0.25) is 0 Å². The van der Waals surface area contributed by atoms with Crippen LogP contribution in [-0.2, 0) is 4.79 Å². The van der Waals surface area contributed by atoms with Gasteiger partial charge in [0.05, 0.1) is 22.9 Å². The van der Waals surface area contributed by atoms with Crippen molar-refractivity contribution < 1.29 is 14.0 Å². The van der Waals surface area contributed by atoms with Crippen molar-refractivity contribution in [1.29, 1.82) is 0 Å². The van der Waals surface area contributed by atoms with Gasteiger partial charge in [0.1, 0.15) is 12.3 Å². The molecule has 0 aliphatic carbocycles. The van der Waals surface area contributed by atoms with Crippen molar-refractivity contribution in [2.75, 3.05) is 13.1 Å². The van der Waals surface area contributed by atoms with Gasteiger partial charge in [-0.25, -0.2) is 4.79 Å². The molecule has 2 N–H and O–H groups in total. The van der Waals surface area contributed by atoms with Crippen LogP contribution in [0.4, 0.5) is 0 Å². The monoisotopic (exact) mass is 382 g/mol. The van der Waals surface area contributed by atoms with E-state index >= 15 is 0 Å². The summed E-state index contributed by atoms with van der Waals surface area (Å²) < 4.78 is 6.69. The van der Waals surface area contributed by atoms with Gasteiger partial charge < -0.3 is 19.6 Å². The molecule has 3 aromatic rings. The molecule has 28 heavy (non-hydrogen) atoms. The fourth-order valence-electron chi connectivity index (χ4n) is 3.79. The Balaban J connectivity index is 1.39. The summed E-state index contributed by atoms with van der Waals surface area (Å²) in [6, 6.07) is 8.59. The van der Waals surface area contributed by atoms with E-state index in [1.807, 2.05) is 24.3 Å². The molecule has 0 saturated carbocycles. The lowest BCUT2D eigenvalue weighted by Crippen LogP contribution is -2.49. The largest absolute Gasteiger partial charge is 0.472 e. The summed E-state index contributed by atoms with van der Waals surface area (Å²) >= 11 is 0. The van der Waals surface area contributed by atoms with E-state index in [0.29, 0.717) is 31.5 Å². The second-order valence-electron chi connectivity index (χ2n) is 7.08. The standard InChI is InChI=1S/C20H22N4O4/c1-13(21-18(25)14-8-11-28-12-14)19(26)23-9-6-15(7-10-23)24-17-5-3-2-4-16(17)22-20(24)27/h2-5,8,11-13,15H,6-7,9-10H2,1H3,(H,21,25)(H,22,27). The van der Waals surface area contributed by atoms with Gasteiger partial charge in [0, 0.05) is 19.1 Å². The van der Waals surface area contributed by atoms with Gasteiger partial charge in [-0.15, -0.1) is 0 Å². The molecule has 1 aliphatic heterocycles. The minimum Gasteiger partial charge on any atom is -0.472 e. The van der Waals surface area contributed by atoms with Crippen molar-refractivity contribution in [2.45, 2.75) is 31.8 Å². The minimum atomic E-state index is -0.630. The smallest absolute Gasteiger partial charge is 0.326 e. The number of fused-ring (bicyclic) bond motifs is 1. The topological polar surface area (TPSA) is 100 Å². The number of likely N-dealkylation sites (tertiary alicyclic amines) is 1. The van der Waals surface area contributed by atoms with Crippen LogP contribution in [0.15, 0.2) is 52.1 Å². The third kappa shape index (κ3) is 3.33. The summed E-state index contributed by atoms with van der Waals surface area (Å²) in [5.74, 6) is -0.462. The second-order valence-corrected chi connectivity index (χ2v) is 7.08. The fourth-order valence-corrected chi connectivity index (χ4v) is 3.79. The average molecular weight is 382 g/mol. The first-order valence-electron chi connectivity index (χ1n) is 9.35. The average Bonchev–Trinajstić information content (AvgIpc) is 3.35. The first-order valence-corrected chi connectivity index (χ1v) is 9.35. The third-order valence-corrected chi connectivity index (χ3v) is 5.27. The Hall–Kier alpha value is -3.29. The summed E-state index contributed by atoms with van der Waals surface area (Å²) in [4.78, 5) is 41.8. The Morgan fingerprint density at radius 3 is 2.68 bits per heavy atom. The minimum absolute atomic E-state index is 0.0449. The van der Waals surface area contributed by atoms with Gasteiger partial charge in [0.15, 0.2) is 0 Å². The predicted octanol–water partition coefficient (Wildman–Crippen LogP) is 1.90. The van der Waals surface area contributed by atoms with Crippen molar-refractivity contribution in [2.24, 2.45) is 0 Å². The number of piperidine rings is 1. The molecule has 2 amide bonds. The number of H-pyrrole nitrogens is 1. The van der Waals surface area contributed by atoms with E-state index in [0.717, 1.165) is 11.0 Å². The van der Waals surface area contributed by atoms with Crippen LogP contribution >= 0.6 is 0 Å². The number of nitrogens with zero attached hydrogens (tertiary/aromatic N) is 2. The molecule has 1 saturated heterocycles. The van der Waals surface area contributed by atoms with Crippen LogP contribution in [0, 0.1) is 0 Å². The molecule has 4 rings (SSSR count). The van der Waals surface area contributed by atoms with E-state index in [2.05, 4.69) is 10.3 Å². The molecule has 1 atom stereocenters. The van der Waals surface area contributed by atoms with Gasteiger partial charge in [0.25, 0.3) is 5.91 Å². The number of imidazole rings is 1. The van der Waals surface area contributed by atoms with Crippen LogP contribution in [0.25, 0.3) is 11.0 Å². The van der Waals surface area contributed by atoms with E-state index in [4.69, 9.17) is 4.42 Å². The zero-order valence-electron chi connectivity index (χ0n) is 15.6. The summed E-state index contributed by atoms with van der Waals surface area (Å²) in [5.41, 5.74) is 1.98. The first kappa shape index (κ1) is 18.1. The number of para-hydroxylation sites is 2. The quantitative estimate of drug-likeness (QED) is 0.720. The van der Waals surface area contributed by atoms with Gasteiger partial charge in [-0.2, -0.15) is 0 Å². The Morgan fingerprint density at radius 2 is 1.96 bits per heavy atom. The van der Waals surface area contributed by atoms with Crippen molar-refractivity contribution >= 4 is 22.8 Å². The molecule has 0 spiro atoms. The number of aromatic nitrogens is 2. The zero-order valence-corrected chi connectivity index (χ0v) is 15.6. The van der Waals surface area contributed by atoms with Crippen LogP contribution in [0.1, 0.15) is 36.2 Å². The lowest BCUT2D eigenvalue weighted by Gasteiger charge is -2.34. The van der Waals surface area contributed by atoms with Crippen LogP contribution in [0.5, 0.6) is 0 Å². The molecule has 8 heteroatoms. The van der Waals surface area contributed by atoms with Gasteiger partial charge in [-0.05, 0) is 38.0 Å². The Morgan fingerprint density at radius 1 is 1.21 bits per heavy atom. The first-order chi connectivity index (χ1) is 13.5. The highest BCUT2D eigenvalue weighted by molar-refractivity contribution is 5.97. The molecule has 8 nitrogen and oxygen atoms in total. The summed E-state index contributed by atoms with van der Waals surface area (Å²) in [7, 11) is 0. The van der Waals surface area contributed by atoms with E-state index in [-0.39, 0.29) is 23.5 Å². The number of furan rings is 1. The lowest BCUT2D eigenvalue weighted by atomic mass is 10.0. The van der Waals surface area contributed by atoms with E-state index < -0.39 is 6.04 Å². The highest BCUT2D eigenvalue weighted by atomic mass is 16.3. The fraction of sp³-hybridized carbons (Fsp3) is 0.350.